The van der Waals surface area contributed by atoms with Gasteiger partial charge in [-0.05, 0) is 30.2 Å². The molecule has 0 atom stereocenters. The van der Waals surface area contributed by atoms with E-state index in [-0.39, 0.29) is 0 Å². The first kappa shape index (κ1) is 10.2. The van der Waals surface area contributed by atoms with Gasteiger partial charge in [0.25, 0.3) is 0 Å². The number of fused-ring (bicyclic) bond motifs is 1. The number of hydrogen-bond donors (Lipinski definition) is 0. The highest BCUT2D eigenvalue weighted by Gasteiger charge is 2.20. The second kappa shape index (κ2) is 4.46. The van der Waals surface area contributed by atoms with Crippen LogP contribution in [-0.2, 0) is 0 Å². The molecule has 0 saturated heterocycles. The van der Waals surface area contributed by atoms with E-state index in [1.165, 1.54) is 35.3 Å². The van der Waals surface area contributed by atoms with Gasteiger partial charge >= 0.3 is 0 Å². The Labute approximate surface area is 100 Å². The van der Waals surface area contributed by atoms with Crippen LogP contribution in [0.4, 0.5) is 0 Å². The molecule has 1 nitrogen and oxygen atoms in total. The lowest BCUT2D eigenvalue weighted by Gasteiger charge is -2.04. The van der Waals surface area contributed by atoms with Crippen molar-refractivity contribution < 1.29 is 0 Å². The first-order chi connectivity index (χ1) is 7.93. The molecule has 0 spiro atoms. The molecule has 3 rings (SSSR count). The van der Waals surface area contributed by atoms with E-state index in [1.807, 2.05) is 24.0 Å². The van der Waals surface area contributed by atoms with Crippen LogP contribution in [0.1, 0.15) is 19.3 Å². The molecule has 1 fully saturated rings. The molecule has 1 aliphatic rings. The highest BCUT2D eigenvalue weighted by molar-refractivity contribution is 7.99. The number of para-hydroxylation sites is 1. The van der Waals surface area contributed by atoms with Crippen molar-refractivity contribution in [1.29, 1.82) is 0 Å². The summed E-state index contributed by atoms with van der Waals surface area (Å²) in [6.45, 7) is 0. The van der Waals surface area contributed by atoms with Crippen molar-refractivity contribution in [2.45, 2.75) is 24.2 Å². The molecule has 0 aliphatic heterocycles. The first-order valence-electron chi connectivity index (χ1n) is 5.90. The summed E-state index contributed by atoms with van der Waals surface area (Å²) in [7, 11) is 0. The quantitative estimate of drug-likeness (QED) is 0.731. The third-order valence-electron chi connectivity index (χ3n) is 3.09. The van der Waals surface area contributed by atoms with Gasteiger partial charge in [-0.2, -0.15) is 0 Å². The smallest absolute Gasteiger partial charge is 0.0713 e. The molecule has 0 radical (unpaired) electrons. The Bertz CT molecular complexity index is 486. The zero-order valence-corrected chi connectivity index (χ0v) is 10.0. The Morgan fingerprint density at radius 1 is 1.19 bits per heavy atom. The summed E-state index contributed by atoms with van der Waals surface area (Å²) in [6, 6.07) is 10.5. The van der Waals surface area contributed by atoms with Crippen LogP contribution in [0.15, 0.2) is 41.4 Å². The normalized spacial score (nSPS) is 15.5. The largest absolute Gasteiger partial charge is 0.256 e. The second-order valence-electron chi connectivity index (χ2n) is 4.41. The predicted octanol–water partition coefficient (Wildman–Crippen LogP) is 4.13. The topological polar surface area (TPSA) is 12.9 Å². The third kappa shape index (κ3) is 2.22. The average Bonchev–Trinajstić information content (AvgIpc) is 3.13. The Morgan fingerprint density at radius 2 is 2.06 bits per heavy atom. The number of nitrogens with zero attached hydrogens (tertiary/aromatic N) is 1. The van der Waals surface area contributed by atoms with Gasteiger partial charge in [-0.15, -0.1) is 11.8 Å². The molecule has 82 valence electrons. The molecule has 2 aromatic rings. The molecule has 0 N–H and O–H groups in total. The van der Waals surface area contributed by atoms with Crippen LogP contribution in [0.3, 0.4) is 0 Å². The highest BCUT2D eigenvalue weighted by atomic mass is 32.2. The van der Waals surface area contributed by atoms with Crippen LogP contribution < -0.4 is 0 Å². The van der Waals surface area contributed by atoms with Gasteiger partial charge in [0, 0.05) is 16.5 Å². The van der Waals surface area contributed by atoms with Crippen molar-refractivity contribution in [3.63, 3.8) is 0 Å². The van der Waals surface area contributed by atoms with Crippen LogP contribution in [-0.4, -0.2) is 10.7 Å². The minimum atomic E-state index is 1.03. The lowest BCUT2D eigenvalue weighted by atomic mass is 10.2. The lowest BCUT2D eigenvalue weighted by Crippen LogP contribution is -1.85. The minimum absolute atomic E-state index is 1.03. The van der Waals surface area contributed by atoms with Gasteiger partial charge in [0.1, 0.15) is 0 Å². The molecule has 0 unspecified atom stereocenters. The maximum atomic E-state index is 4.38. The predicted molar refractivity (Wildman–Crippen MR) is 69.8 cm³/mol. The highest BCUT2D eigenvalue weighted by Crippen LogP contribution is 2.35. The molecule has 1 aromatic carbocycles. The molecular formula is C14H15NS. The molecule has 2 heteroatoms. The number of hydrogen-bond acceptors (Lipinski definition) is 2. The van der Waals surface area contributed by atoms with Crippen molar-refractivity contribution in [3.8, 4) is 0 Å². The van der Waals surface area contributed by atoms with E-state index in [4.69, 9.17) is 0 Å². The molecule has 1 aromatic heterocycles. The van der Waals surface area contributed by atoms with Crippen LogP contribution in [0.5, 0.6) is 0 Å². The van der Waals surface area contributed by atoms with E-state index < -0.39 is 0 Å². The summed E-state index contributed by atoms with van der Waals surface area (Å²) in [4.78, 5) is 5.76. The number of benzene rings is 1. The number of thioether (sulfide) groups is 1. The summed E-state index contributed by atoms with van der Waals surface area (Å²) in [5.74, 6) is 2.28. The van der Waals surface area contributed by atoms with Gasteiger partial charge in [-0.1, -0.05) is 31.0 Å². The van der Waals surface area contributed by atoms with Gasteiger partial charge in [0.05, 0.1) is 5.52 Å². The van der Waals surface area contributed by atoms with Crippen molar-refractivity contribution in [1.82, 2.24) is 4.98 Å². The second-order valence-corrected chi connectivity index (χ2v) is 5.54. The number of pyridine rings is 1. The third-order valence-corrected chi connectivity index (χ3v) is 4.20. The SMILES string of the molecule is c1ccc2c(SCCC3CC3)ccnc2c1. The molecule has 0 bridgehead atoms. The molecule has 16 heavy (non-hydrogen) atoms. The fraction of sp³-hybridized carbons (Fsp3) is 0.357. The zero-order valence-electron chi connectivity index (χ0n) is 9.23. The maximum absolute atomic E-state index is 4.38. The van der Waals surface area contributed by atoms with E-state index >= 15 is 0 Å². The Morgan fingerprint density at radius 3 is 2.94 bits per heavy atom. The summed E-state index contributed by atoms with van der Waals surface area (Å²) in [6.07, 6.45) is 6.21. The van der Waals surface area contributed by atoms with E-state index in [0.717, 1.165) is 11.4 Å². The van der Waals surface area contributed by atoms with Crippen molar-refractivity contribution in [2.75, 3.05) is 5.75 Å². The average molecular weight is 229 g/mol. The zero-order chi connectivity index (χ0) is 10.8. The maximum Gasteiger partial charge on any atom is 0.0713 e. The van der Waals surface area contributed by atoms with Gasteiger partial charge in [-0.3, -0.25) is 4.98 Å². The monoisotopic (exact) mass is 229 g/mol. The van der Waals surface area contributed by atoms with E-state index in [1.54, 1.807) is 0 Å². The van der Waals surface area contributed by atoms with Crippen LogP contribution in [0.25, 0.3) is 10.9 Å². The van der Waals surface area contributed by atoms with Crippen LogP contribution in [0.2, 0.25) is 0 Å². The Hall–Kier alpha value is -1.02. The van der Waals surface area contributed by atoms with E-state index in [9.17, 15) is 0 Å². The molecule has 0 amide bonds. The Balaban J connectivity index is 1.79. The van der Waals surface area contributed by atoms with Gasteiger partial charge in [0.15, 0.2) is 0 Å². The minimum Gasteiger partial charge on any atom is -0.256 e. The number of aromatic nitrogens is 1. The Kier molecular flexibility index (Phi) is 2.83. The van der Waals surface area contributed by atoms with Gasteiger partial charge in [0.2, 0.25) is 0 Å². The molecular weight excluding hydrogens is 214 g/mol. The lowest BCUT2D eigenvalue weighted by molar-refractivity contribution is 0.809. The molecule has 1 heterocycles. The van der Waals surface area contributed by atoms with Crippen molar-refractivity contribution in [2.24, 2.45) is 5.92 Å². The van der Waals surface area contributed by atoms with Gasteiger partial charge in [-0.25, -0.2) is 0 Å². The first-order valence-corrected chi connectivity index (χ1v) is 6.88. The standard InChI is InChI=1S/C14H15NS/c1-2-4-13-12(3-1)14(7-9-15-13)16-10-8-11-5-6-11/h1-4,7,9,11H,5-6,8,10H2. The van der Waals surface area contributed by atoms with Crippen molar-refractivity contribution >= 4 is 22.7 Å². The molecule has 1 aliphatic carbocycles. The summed E-state index contributed by atoms with van der Waals surface area (Å²) in [5, 5.41) is 1.30. The van der Waals surface area contributed by atoms with E-state index in [0.29, 0.717) is 0 Å². The van der Waals surface area contributed by atoms with Crippen LogP contribution in [0, 0.1) is 5.92 Å². The summed E-state index contributed by atoms with van der Waals surface area (Å²) in [5.41, 5.74) is 1.11. The molecule has 1 saturated carbocycles. The van der Waals surface area contributed by atoms with Crippen molar-refractivity contribution in [3.05, 3.63) is 36.5 Å². The van der Waals surface area contributed by atoms with Crippen LogP contribution >= 0.6 is 11.8 Å². The fourth-order valence-corrected chi connectivity index (χ4v) is 3.09. The van der Waals surface area contributed by atoms with E-state index in [2.05, 4.69) is 29.2 Å². The summed E-state index contributed by atoms with van der Waals surface area (Å²) >= 11 is 1.98. The van der Waals surface area contributed by atoms with Gasteiger partial charge < -0.3 is 0 Å². The summed E-state index contributed by atoms with van der Waals surface area (Å²) < 4.78 is 0. The fourth-order valence-electron chi connectivity index (χ4n) is 1.94. The number of rotatable bonds is 4.